The molecule has 0 aliphatic carbocycles. The Morgan fingerprint density at radius 2 is 1.74 bits per heavy atom. The molecule has 0 radical (unpaired) electrons. The molecule has 34 heavy (non-hydrogen) atoms. The maximum Gasteiger partial charge on any atom is 0.252 e. The van der Waals surface area contributed by atoms with Gasteiger partial charge in [0.05, 0.1) is 16.7 Å². The third kappa shape index (κ3) is 3.70. The van der Waals surface area contributed by atoms with Crippen molar-refractivity contribution in [3.8, 4) is 6.07 Å². The second kappa shape index (κ2) is 8.41. The van der Waals surface area contributed by atoms with Crippen LogP contribution in [0.2, 0.25) is 0 Å². The molecule has 0 N–H and O–H groups in total. The summed E-state index contributed by atoms with van der Waals surface area (Å²) in [5, 5.41) is 10.5. The largest absolute Gasteiger partial charge is 0.363 e. The topological polar surface area (TPSA) is 78.0 Å². The summed E-state index contributed by atoms with van der Waals surface area (Å²) in [5.74, 6) is 0.940. The molecule has 0 saturated carbocycles. The Labute approximate surface area is 206 Å². The van der Waals surface area contributed by atoms with Gasteiger partial charge >= 0.3 is 0 Å². The lowest BCUT2D eigenvalue weighted by atomic mass is 10.1. The quantitative estimate of drug-likeness (QED) is 0.389. The average Bonchev–Trinajstić information content (AvgIpc) is 2.82. The molecular weight excluding hydrogens is 492 g/mol. The smallest absolute Gasteiger partial charge is 0.252 e. The van der Waals surface area contributed by atoms with Crippen molar-refractivity contribution in [2.45, 2.75) is 32.9 Å². The highest BCUT2D eigenvalue weighted by molar-refractivity contribution is 9.10. The van der Waals surface area contributed by atoms with E-state index in [2.05, 4.69) is 81.8 Å². The number of hydrogen-bond donors (Lipinski definition) is 0. The number of rotatable bonds is 2. The van der Waals surface area contributed by atoms with Gasteiger partial charge < -0.3 is 14.4 Å². The second-order valence-corrected chi connectivity index (χ2v) is 9.95. The van der Waals surface area contributed by atoms with Crippen LogP contribution in [-0.4, -0.2) is 39.7 Å². The molecule has 1 aliphatic heterocycles. The van der Waals surface area contributed by atoms with Crippen LogP contribution >= 0.6 is 15.9 Å². The number of benzene rings is 1. The number of pyridine rings is 3. The first-order valence-corrected chi connectivity index (χ1v) is 12.1. The summed E-state index contributed by atoms with van der Waals surface area (Å²) in [5.41, 5.74) is 4.58. The van der Waals surface area contributed by atoms with Crippen LogP contribution in [0.25, 0.3) is 21.9 Å². The fourth-order valence-corrected chi connectivity index (χ4v) is 5.54. The van der Waals surface area contributed by atoms with Gasteiger partial charge in [-0.15, -0.1) is 0 Å². The van der Waals surface area contributed by atoms with E-state index in [-0.39, 0.29) is 17.6 Å². The molecule has 1 fully saturated rings. The van der Waals surface area contributed by atoms with E-state index in [0.717, 1.165) is 38.9 Å². The van der Waals surface area contributed by atoms with Gasteiger partial charge in [0.2, 0.25) is 0 Å². The number of nitriles is 1. The van der Waals surface area contributed by atoms with Gasteiger partial charge in [0.15, 0.2) is 0 Å². The molecular formula is C26H25BrN6O. The summed E-state index contributed by atoms with van der Waals surface area (Å²) in [4.78, 5) is 26.8. The van der Waals surface area contributed by atoms with Gasteiger partial charge in [-0.3, -0.25) is 4.79 Å². The minimum Gasteiger partial charge on any atom is -0.363 e. The van der Waals surface area contributed by atoms with Crippen LogP contribution in [0.15, 0.2) is 51.7 Å². The fraction of sp³-hybridized carbons (Fsp3) is 0.308. The first kappa shape index (κ1) is 22.4. The van der Waals surface area contributed by atoms with Gasteiger partial charge in [-0.05, 0) is 78.7 Å². The lowest BCUT2D eigenvalue weighted by Crippen LogP contribution is -2.57. The second-order valence-electron chi connectivity index (χ2n) is 9.09. The molecule has 172 valence electrons. The summed E-state index contributed by atoms with van der Waals surface area (Å²) in [7, 11) is 1.73. The van der Waals surface area contributed by atoms with Gasteiger partial charge in [0.25, 0.3) is 5.56 Å². The van der Waals surface area contributed by atoms with Crippen molar-refractivity contribution in [2.24, 2.45) is 7.05 Å². The van der Waals surface area contributed by atoms with Gasteiger partial charge in [-0.2, -0.15) is 5.26 Å². The molecule has 1 saturated heterocycles. The summed E-state index contributed by atoms with van der Waals surface area (Å²) < 4.78 is 2.57. The van der Waals surface area contributed by atoms with Crippen LogP contribution in [0.1, 0.15) is 25.1 Å². The Bertz CT molecular complexity index is 1540. The fourth-order valence-electron chi connectivity index (χ4n) is 4.86. The van der Waals surface area contributed by atoms with Crippen LogP contribution in [0, 0.1) is 18.3 Å². The maximum atomic E-state index is 12.7. The molecule has 7 nitrogen and oxygen atoms in total. The normalized spacial score (nSPS) is 18.5. The number of halogens is 1. The number of anilines is 2. The molecule has 0 unspecified atom stereocenters. The number of aryl methyl sites for hydroxylation is 2. The van der Waals surface area contributed by atoms with E-state index in [4.69, 9.17) is 4.98 Å². The number of fused-ring (bicyclic) bond motifs is 2. The van der Waals surface area contributed by atoms with E-state index in [0.29, 0.717) is 17.8 Å². The van der Waals surface area contributed by atoms with E-state index in [1.165, 1.54) is 5.56 Å². The monoisotopic (exact) mass is 516 g/mol. The lowest BCUT2D eigenvalue weighted by Gasteiger charge is -2.46. The van der Waals surface area contributed by atoms with Crippen molar-refractivity contribution in [1.29, 1.82) is 5.26 Å². The summed E-state index contributed by atoms with van der Waals surface area (Å²) >= 11 is 3.67. The molecule has 0 spiro atoms. The number of piperazine rings is 1. The zero-order valence-corrected chi connectivity index (χ0v) is 21.2. The van der Waals surface area contributed by atoms with Crippen molar-refractivity contribution in [3.05, 3.63) is 68.5 Å². The van der Waals surface area contributed by atoms with Gasteiger partial charge in [-0.1, -0.05) is 0 Å². The van der Waals surface area contributed by atoms with Gasteiger partial charge in [0.1, 0.15) is 23.1 Å². The van der Waals surface area contributed by atoms with E-state index < -0.39 is 0 Å². The standard InChI is InChI=1S/C26H25BrN6O/c1-15-9-18-5-8-23(30-25(18)20(27)10-15)33-14-16(2)32(13-17(33)3)22-11-24(34)31(4)21-7-6-19(12-28)29-26(21)22/h5-11,16-17H,13-14H2,1-4H3/t16-,17+/m0/s1. The van der Waals surface area contributed by atoms with Crippen LogP contribution in [0.5, 0.6) is 0 Å². The zero-order valence-electron chi connectivity index (χ0n) is 19.6. The van der Waals surface area contributed by atoms with Crippen molar-refractivity contribution in [1.82, 2.24) is 14.5 Å². The first-order valence-electron chi connectivity index (χ1n) is 11.3. The van der Waals surface area contributed by atoms with E-state index in [1.54, 1.807) is 29.8 Å². The Morgan fingerprint density at radius 3 is 2.50 bits per heavy atom. The summed E-state index contributed by atoms with van der Waals surface area (Å²) in [6.45, 7) is 7.85. The van der Waals surface area contributed by atoms with Crippen LogP contribution in [-0.2, 0) is 7.05 Å². The Morgan fingerprint density at radius 1 is 1.00 bits per heavy atom. The molecule has 8 heteroatoms. The third-order valence-electron chi connectivity index (χ3n) is 6.65. The minimum absolute atomic E-state index is 0.0902. The molecule has 4 aromatic rings. The molecule has 5 rings (SSSR count). The third-order valence-corrected chi connectivity index (χ3v) is 7.25. The molecule has 0 amide bonds. The Balaban J connectivity index is 1.53. The number of aromatic nitrogens is 3. The van der Waals surface area contributed by atoms with Crippen molar-refractivity contribution in [3.63, 3.8) is 0 Å². The summed E-state index contributed by atoms with van der Waals surface area (Å²) in [6, 6.07) is 15.9. The molecule has 1 aromatic carbocycles. The van der Waals surface area contributed by atoms with Gasteiger partial charge in [0, 0.05) is 48.1 Å². The Kier molecular flexibility index (Phi) is 5.53. The highest BCUT2D eigenvalue weighted by atomic mass is 79.9. The average molecular weight is 517 g/mol. The number of nitrogens with zero attached hydrogens (tertiary/aromatic N) is 6. The van der Waals surface area contributed by atoms with Crippen molar-refractivity contribution >= 4 is 49.4 Å². The maximum absolute atomic E-state index is 12.7. The molecule has 4 heterocycles. The molecule has 3 aromatic heterocycles. The highest BCUT2D eigenvalue weighted by Crippen LogP contribution is 2.32. The summed E-state index contributed by atoms with van der Waals surface area (Å²) in [6.07, 6.45) is 0. The molecule has 0 bridgehead atoms. The Hall–Kier alpha value is -3.44. The SMILES string of the molecule is Cc1cc(Br)c2nc(N3C[C@H](C)N(c4cc(=O)n(C)c5ccc(C#N)nc45)C[C@H]3C)ccc2c1. The van der Waals surface area contributed by atoms with E-state index in [9.17, 15) is 10.1 Å². The van der Waals surface area contributed by atoms with Crippen molar-refractivity contribution in [2.75, 3.05) is 22.9 Å². The molecule has 2 atom stereocenters. The first-order chi connectivity index (χ1) is 16.3. The molecule has 1 aliphatic rings. The van der Waals surface area contributed by atoms with Gasteiger partial charge in [-0.25, -0.2) is 9.97 Å². The highest BCUT2D eigenvalue weighted by Gasteiger charge is 2.32. The predicted molar refractivity (Wildman–Crippen MR) is 139 cm³/mol. The van der Waals surface area contributed by atoms with Crippen LogP contribution in [0.4, 0.5) is 11.5 Å². The lowest BCUT2D eigenvalue weighted by molar-refractivity contribution is 0.478. The number of hydrogen-bond acceptors (Lipinski definition) is 6. The minimum atomic E-state index is -0.0902. The van der Waals surface area contributed by atoms with E-state index >= 15 is 0 Å². The van der Waals surface area contributed by atoms with Crippen molar-refractivity contribution < 1.29 is 0 Å². The van der Waals surface area contributed by atoms with Crippen LogP contribution in [0.3, 0.4) is 0 Å². The van der Waals surface area contributed by atoms with Crippen LogP contribution < -0.4 is 15.4 Å². The van der Waals surface area contributed by atoms with E-state index in [1.807, 2.05) is 0 Å². The zero-order chi connectivity index (χ0) is 24.1. The predicted octanol–water partition coefficient (Wildman–Crippen LogP) is 4.53.